The maximum Gasteiger partial charge on any atom is 0.343 e. The predicted octanol–water partition coefficient (Wildman–Crippen LogP) is 12.4. The maximum atomic E-state index is 13.7. The van der Waals surface area contributed by atoms with E-state index < -0.39 is 11.9 Å². The van der Waals surface area contributed by atoms with Crippen LogP contribution in [0.5, 0.6) is 17.2 Å². The normalized spacial score (nSPS) is 18.6. The average molecular weight is 848 g/mol. The van der Waals surface area contributed by atoms with E-state index in [1.165, 1.54) is 42.0 Å². The Kier molecular flexibility index (Phi) is 12.9. The molecule has 10 heteroatoms. The molecule has 0 saturated heterocycles. The molecule has 318 valence electrons. The molecule has 0 bridgehead atoms. The fourth-order valence-electron chi connectivity index (χ4n) is 9.04. The molecule has 2 aliphatic rings. The van der Waals surface area contributed by atoms with Crippen molar-refractivity contribution in [1.29, 1.82) is 0 Å². The molecule has 2 fully saturated rings. The van der Waals surface area contributed by atoms with Crippen LogP contribution < -0.4 is 19.2 Å². The Balaban J connectivity index is 1.05. The number of benzene rings is 5. The van der Waals surface area contributed by atoms with Gasteiger partial charge in [-0.2, -0.15) is 10.1 Å². The number of aromatic nitrogens is 1. The van der Waals surface area contributed by atoms with Crippen LogP contribution in [-0.2, 0) is 4.79 Å². The molecule has 1 heterocycles. The van der Waals surface area contributed by atoms with E-state index in [1.807, 2.05) is 75.4 Å². The third kappa shape index (κ3) is 9.50. The number of carbonyl (C=O) groups excluding carboxylic acids is 3. The van der Waals surface area contributed by atoms with Crippen molar-refractivity contribution >= 4 is 61.5 Å². The Labute approximate surface area is 367 Å². The fraction of sp³-hybridized carbons (Fsp3) is 0.327. The van der Waals surface area contributed by atoms with Crippen molar-refractivity contribution < 1.29 is 28.6 Å². The Hall–Kier alpha value is -6.13. The summed E-state index contributed by atoms with van der Waals surface area (Å²) in [6, 6.07) is 27.6. The number of ether oxygens (including phenoxy) is 3. The standard InChI is InChI=1S/C52H53N3O6S/c1-6-10-49(56)55(52-54-44-11-8-9-12-48(44)62-52)53-30-43-42-21-18-41(29-39(42)19-24-47(43)59-31-36-15-17-37-27-35(7-2)14-16-38(37)28-36)51(58)61-46-23-20-40(26-34(46)5)50(57)60-45-22-13-32(3)25-33(45)4/h7-9,11-13,18-26,29-30,35-38H,2,6,10,14-17,27-28,31H2,1,3-5H3/b53-30+. The van der Waals surface area contributed by atoms with Gasteiger partial charge in [0.25, 0.3) is 0 Å². The summed E-state index contributed by atoms with van der Waals surface area (Å²) >= 11 is 1.42. The lowest BCUT2D eigenvalue weighted by molar-refractivity contribution is -0.118. The third-order valence-corrected chi connectivity index (χ3v) is 13.5. The Bertz CT molecular complexity index is 2650. The minimum atomic E-state index is -0.541. The summed E-state index contributed by atoms with van der Waals surface area (Å²) in [4.78, 5) is 45.0. The van der Waals surface area contributed by atoms with Gasteiger partial charge in [-0.1, -0.05) is 66.3 Å². The van der Waals surface area contributed by atoms with Crippen molar-refractivity contribution in [2.75, 3.05) is 11.6 Å². The Morgan fingerprint density at radius 1 is 0.806 bits per heavy atom. The largest absolute Gasteiger partial charge is 0.493 e. The van der Waals surface area contributed by atoms with Crippen molar-refractivity contribution in [3.8, 4) is 17.2 Å². The highest BCUT2D eigenvalue weighted by Gasteiger charge is 2.35. The molecular formula is C52H53N3O6S. The number of hydrazone groups is 1. The summed E-state index contributed by atoms with van der Waals surface area (Å²) in [6.07, 6.45) is 12.0. The van der Waals surface area contributed by atoms with Crippen molar-refractivity contribution in [2.24, 2.45) is 28.8 Å². The van der Waals surface area contributed by atoms with Gasteiger partial charge in [-0.15, -0.1) is 6.58 Å². The summed E-state index contributed by atoms with van der Waals surface area (Å²) < 4.78 is 19.2. The van der Waals surface area contributed by atoms with Gasteiger partial charge in [-0.3, -0.25) is 4.79 Å². The van der Waals surface area contributed by atoms with E-state index in [0.717, 1.165) is 56.8 Å². The zero-order chi connectivity index (χ0) is 43.3. The third-order valence-electron chi connectivity index (χ3n) is 12.4. The molecule has 62 heavy (non-hydrogen) atoms. The monoisotopic (exact) mass is 847 g/mol. The lowest BCUT2D eigenvalue weighted by Gasteiger charge is -2.41. The van der Waals surface area contributed by atoms with Gasteiger partial charge in [0.1, 0.15) is 17.2 Å². The fourth-order valence-corrected chi connectivity index (χ4v) is 9.99. The van der Waals surface area contributed by atoms with Crippen LogP contribution >= 0.6 is 11.3 Å². The van der Waals surface area contributed by atoms with Crippen LogP contribution in [0.25, 0.3) is 21.0 Å². The molecule has 0 aliphatic heterocycles. The number of hydrogen-bond acceptors (Lipinski definition) is 9. The molecular weight excluding hydrogens is 795 g/mol. The lowest BCUT2D eigenvalue weighted by Crippen LogP contribution is -2.32. The van der Waals surface area contributed by atoms with Gasteiger partial charge >= 0.3 is 11.9 Å². The topological polar surface area (TPSA) is 107 Å². The van der Waals surface area contributed by atoms with E-state index in [9.17, 15) is 14.4 Å². The molecule has 0 N–H and O–H groups in total. The van der Waals surface area contributed by atoms with Gasteiger partial charge in [0, 0.05) is 12.0 Å². The highest BCUT2D eigenvalue weighted by Crippen LogP contribution is 2.45. The minimum absolute atomic E-state index is 0.153. The van der Waals surface area contributed by atoms with E-state index in [4.69, 9.17) is 24.3 Å². The summed E-state index contributed by atoms with van der Waals surface area (Å²) in [5.74, 6) is 2.88. The second kappa shape index (κ2) is 18.9. The van der Waals surface area contributed by atoms with Crippen LogP contribution in [0.1, 0.15) is 101 Å². The van der Waals surface area contributed by atoms with E-state index in [0.29, 0.717) is 75.9 Å². The number of carbonyl (C=O) groups is 3. The first-order valence-corrected chi connectivity index (χ1v) is 22.5. The first-order valence-electron chi connectivity index (χ1n) is 21.7. The van der Waals surface area contributed by atoms with Gasteiger partial charge in [-0.05, 0) is 166 Å². The van der Waals surface area contributed by atoms with E-state index in [2.05, 4.69) is 12.7 Å². The first kappa shape index (κ1) is 42.6. The van der Waals surface area contributed by atoms with Gasteiger partial charge in [-0.25, -0.2) is 14.6 Å². The summed E-state index contributed by atoms with van der Waals surface area (Å²) in [5.41, 5.74) is 4.77. The van der Waals surface area contributed by atoms with Crippen molar-refractivity contribution in [2.45, 2.75) is 79.1 Å². The molecule has 6 aromatic rings. The summed E-state index contributed by atoms with van der Waals surface area (Å²) in [7, 11) is 0. The number of anilines is 1. The zero-order valence-electron chi connectivity index (χ0n) is 35.9. The van der Waals surface area contributed by atoms with Crippen LogP contribution in [0.15, 0.2) is 109 Å². The SMILES string of the molecule is C=CC1CCC2CC(COc3ccc4cc(C(=O)Oc5ccc(C(=O)Oc6ccc(C)cc6C)cc5C)ccc4c3/C=N/N(C(=O)CCC)c3nc4ccccc4s3)CCC2C1. The van der Waals surface area contributed by atoms with Crippen LogP contribution in [0.4, 0.5) is 5.13 Å². The molecule has 5 aromatic carbocycles. The zero-order valence-corrected chi connectivity index (χ0v) is 36.7. The number of hydrogen-bond donors (Lipinski definition) is 0. The maximum absolute atomic E-state index is 13.7. The smallest absolute Gasteiger partial charge is 0.343 e. The molecule has 2 aliphatic carbocycles. The number of fused-ring (bicyclic) bond motifs is 3. The Morgan fingerprint density at radius 3 is 2.24 bits per heavy atom. The number of rotatable bonds is 13. The van der Waals surface area contributed by atoms with Crippen LogP contribution in [-0.4, -0.2) is 35.7 Å². The van der Waals surface area contributed by atoms with Crippen LogP contribution in [0.3, 0.4) is 0 Å². The minimum Gasteiger partial charge on any atom is -0.493 e. The number of aryl methyl sites for hydroxylation is 3. The summed E-state index contributed by atoms with van der Waals surface area (Å²) in [6.45, 7) is 12.3. The summed E-state index contributed by atoms with van der Waals surface area (Å²) in [5, 5.41) is 8.31. The molecule has 4 unspecified atom stereocenters. The average Bonchev–Trinajstić information content (AvgIpc) is 3.71. The number of para-hydroxylation sites is 1. The Morgan fingerprint density at radius 2 is 1.50 bits per heavy atom. The van der Waals surface area contributed by atoms with E-state index >= 15 is 0 Å². The van der Waals surface area contributed by atoms with Crippen molar-refractivity contribution in [3.63, 3.8) is 0 Å². The second-order valence-corrected chi connectivity index (χ2v) is 17.9. The van der Waals surface area contributed by atoms with Gasteiger partial charge in [0.2, 0.25) is 11.0 Å². The van der Waals surface area contributed by atoms with Gasteiger partial charge in [0.15, 0.2) is 0 Å². The number of esters is 2. The van der Waals surface area contributed by atoms with E-state index in [-0.39, 0.29) is 5.91 Å². The predicted molar refractivity (Wildman–Crippen MR) is 248 cm³/mol. The molecule has 4 atom stereocenters. The molecule has 9 nitrogen and oxygen atoms in total. The lowest BCUT2D eigenvalue weighted by atomic mass is 9.65. The second-order valence-electron chi connectivity index (χ2n) is 16.9. The quantitative estimate of drug-likeness (QED) is 0.0374. The molecule has 0 radical (unpaired) electrons. The molecule has 1 aromatic heterocycles. The number of nitrogens with zero attached hydrogens (tertiary/aromatic N) is 3. The highest BCUT2D eigenvalue weighted by atomic mass is 32.1. The number of allylic oxidation sites excluding steroid dienone is 1. The molecule has 1 amide bonds. The molecule has 0 spiro atoms. The van der Waals surface area contributed by atoms with Crippen molar-refractivity contribution in [1.82, 2.24) is 4.98 Å². The van der Waals surface area contributed by atoms with Crippen molar-refractivity contribution in [3.05, 3.63) is 137 Å². The molecule has 2 saturated carbocycles. The van der Waals surface area contributed by atoms with Gasteiger partial charge < -0.3 is 14.2 Å². The number of amides is 1. The van der Waals surface area contributed by atoms with Gasteiger partial charge in [0.05, 0.1) is 34.2 Å². The van der Waals surface area contributed by atoms with E-state index in [1.54, 1.807) is 49.5 Å². The van der Waals surface area contributed by atoms with Crippen LogP contribution in [0, 0.1) is 44.4 Å². The number of thiazole rings is 1. The highest BCUT2D eigenvalue weighted by molar-refractivity contribution is 7.22. The van der Waals surface area contributed by atoms with Crippen LogP contribution in [0.2, 0.25) is 0 Å². The first-order chi connectivity index (χ1) is 30.1. The molecule has 8 rings (SSSR count).